The molecule has 1 aromatic rings. The Bertz CT molecular complexity index is 375. The standard InChI is InChI=1S/C12H17NO2S/c1-8(7-12(14)15)13-10-3-2-4-11-9(10)5-6-16-11/h5-6,8,10,13H,2-4,7H2,1H3,(H,14,15). The Labute approximate surface area is 99.5 Å². The van der Waals surface area contributed by atoms with Gasteiger partial charge in [0.1, 0.15) is 0 Å². The van der Waals surface area contributed by atoms with Crippen molar-refractivity contribution in [3.63, 3.8) is 0 Å². The minimum atomic E-state index is -0.735. The summed E-state index contributed by atoms with van der Waals surface area (Å²) in [7, 11) is 0. The first-order valence-corrected chi connectivity index (χ1v) is 6.59. The van der Waals surface area contributed by atoms with Crippen molar-refractivity contribution in [3.8, 4) is 0 Å². The van der Waals surface area contributed by atoms with Crippen LogP contribution in [0.4, 0.5) is 0 Å². The van der Waals surface area contributed by atoms with E-state index < -0.39 is 5.97 Å². The van der Waals surface area contributed by atoms with E-state index in [2.05, 4.69) is 16.8 Å². The van der Waals surface area contributed by atoms with Gasteiger partial charge in [0.15, 0.2) is 0 Å². The molecule has 2 rings (SSSR count). The number of hydrogen-bond acceptors (Lipinski definition) is 3. The van der Waals surface area contributed by atoms with Crippen LogP contribution >= 0.6 is 11.3 Å². The molecule has 88 valence electrons. The molecule has 0 aromatic carbocycles. The van der Waals surface area contributed by atoms with Crippen LogP contribution in [-0.4, -0.2) is 17.1 Å². The largest absolute Gasteiger partial charge is 0.481 e. The summed E-state index contributed by atoms with van der Waals surface area (Å²) >= 11 is 1.81. The summed E-state index contributed by atoms with van der Waals surface area (Å²) < 4.78 is 0. The van der Waals surface area contributed by atoms with Crippen LogP contribution in [0.3, 0.4) is 0 Å². The number of aliphatic carboxylic acids is 1. The maximum atomic E-state index is 10.6. The van der Waals surface area contributed by atoms with Crippen molar-refractivity contribution in [2.24, 2.45) is 0 Å². The fourth-order valence-corrected chi connectivity index (χ4v) is 3.31. The van der Waals surface area contributed by atoms with E-state index in [1.165, 1.54) is 23.3 Å². The SMILES string of the molecule is CC(CC(=O)O)NC1CCCc2sccc21. The van der Waals surface area contributed by atoms with Gasteiger partial charge in [-0.1, -0.05) is 0 Å². The highest BCUT2D eigenvalue weighted by molar-refractivity contribution is 7.10. The molecule has 0 bridgehead atoms. The molecule has 0 spiro atoms. The molecule has 1 aliphatic carbocycles. The van der Waals surface area contributed by atoms with E-state index in [-0.39, 0.29) is 12.5 Å². The first-order valence-electron chi connectivity index (χ1n) is 5.71. The maximum Gasteiger partial charge on any atom is 0.304 e. The van der Waals surface area contributed by atoms with Gasteiger partial charge in [-0.15, -0.1) is 11.3 Å². The van der Waals surface area contributed by atoms with E-state index in [1.807, 2.05) is 18.3 Å². The molecular weight excluding hydrogens is 222 g/mol. The van der Waals surface area contributed by atoms with E-state index in [0.717, 1.165) is 6.42 Å². The van der Waals surface area contributed by atoms with Crippen LogP contribution in [-0.2, 0) is 11.2 Å². The van der Waals surface area contributed by atoms with Crippen LogP contribution in [0.15, 0.2) is 11.4 Å². The molecule has 2 N–H and O–H groups in total. The number of rotatable bonds is 4. The Kier molecular flexibility index (Phi) is 3.61. The smallest absolute Gasteiger partial charge is 0.304 e. The molecule has 16 heavy (non-hydrogen) atoms. The maximum absolute atomic E-state index is 10.6. The Morgan fingerprint density at radius 3 is 3.31 bits per heavy atom. The topological polar surface area (TPSA) is 49.3 Å². The highest BCUT2D eigenvalue weighted by Crippen LogP contribution is 2.33. The van der Waals surface area contributed by atoms with E-state index in [4.69, 9.17) is 5.11 Å². The number of fused-ring (bicyclic) bond motifs is 1. The van der Waals surface area contributed by atoms with Crippen molar-refractivity contribution in [2.75, 3.05) is 0 Å². The average Bonchev–Trinajstić information content (AvgIpc) is 2.65. The lowest BCUT2D eigenvalue weighted by molar-refractivity contribution is -0.137. The number of carboxylic acids is 1. The van der Waals surface area contributed by atoms with Gasteiger partial charge in [-0.25, -0.2) is 0 Å². The molecular formula is C12H17NO2S. The summed E-state index contributed by atoms with van der Waals surface area (Å²) in [4.78, 5) is 12.1. The second-order valence-corrected chi connectivity index (χ2v) is 5.41. The van der Waals surface area contributed by atoms with Crippen molar-refractivity contribution in [1.29, 1.82) is 0 Å². The molecule has 1 aromatic heterocycles. The number of aryl methyl sites for hydroxylation is 1. The molecule has 0 aliphatic heterocycles. The zero-order valence-electron chi connectivity index (χ0n) is 9.40. The molecule has 2 unspecified atom stereocenters. The van der Waals surface area contributed by atoms with Gasteiger partial charge < -0.3 is 10.4 Å². The van der Waals surface area contributed by atoms with E-state index in [1.54, 1.807) is 0 Å². The molecule has 1 aliphatic rings. The van der Waals surface area contributed by atoms with E-state index >= 15 is 0 Å². The van der Waals surface area contributed by atoms with Crippen LogP contribution in [0.5, 0.6) is 0 Å². The predicted molar refractivity (Wildman–Crippen MR) is 64.8 cm³/mol. The van der Waals surface area contributed by atoms with Gasteiger partial charge in [0.2, 0.25) is 0 Å². The molecule has 3 nitrogen and oxygen atoms in total. The summed E-state index contributed by atoms with van der Waals surface area (Å²) in [5.41, 5.74) is 1.38. The quantitative estimate of drug-likeness (QED) is 0.849. The molecule has 1 heterocycles. The summed E-state index contributed by atoms with van der Waals surface area (Å²) in [5, 5.41) is 14.3. The number of hydrogen-bond donors (Lipinski definition) is 2. The molecule has 0 fully saturated rings. The average molecular weight is 239 g/mol. The minimum Gasteiger partial charge on any atom is -0.481 e. The third-order valence-electron chi connectivity index (χ3n) is 3.02. The Morgan fingerprint density at radius 1 is 1.75 bits per heavy atom. The van der Waals surface area contributed by atoms with Gasteiger partial charge in [-0.3, -0.25) is 4.79 Å². The van der Waals surface area contributed by atoms with Crippen molar-refractivity contribution >= 4 is 17.3 Å². The third kappa shape index (κ3) is 2.62. The van der Waals surface area contributed by atoms with Gasteiger partial charge in [-0.2, -0.15) is 0 Å². The zero-order chi connectivity index (χ0) is 11.5. The van der Waals surface area contributed by atoms with E-state index in [9.17, 15) is 4.79 Å². The van der Waals surface area contributed by atoms with Gasteiger partial charge in [-0.05, 0) is 43.2 Å². The Balaban J connectivity index is 1.99. The van der Waals surface area contributed by atoms with Crippen molar-refractivity contribution in [3.05, 3.63) is 21.9 Å². The number of thiophene rings is 1. The van der Waals surface area contributed by atoms with Crippen molar-refractivity contribution in [2.45, 2.75) is 44.7 Å². The summed E-state index contributed by atoms with van der Waals surface area (Å²) in [6, 6.07) is 2.56. The van der Waals surface area contributed by atoms with Crippen LogP contribution in [0, 0.1) is 0 Å². The minimum absolute atomic E-state index is 0.0355. The lowest BCUT2D eigenvalue weighted by Crippen LogP contribution is -2.33. The van der Waals surface area contributed by atoms with Crippen LogP contribution in [0.25, 0.3) is 0 Å². The lowest BCUT2D eigenvalue weighted by Gasteiger charge is -2.26. The predicted octanol–water partition coefficient (Wildman–Crippen LogP) is 2.58. The summed E-state index contributed by atoms with van der Waals surface area (Å²) in [5.74, 6) is -0.735. The molecule has 0 radical (unpaired) electrons. The summed E-state index contributed by atoms with van der Waals surface area (Å²) in [6.45, 7) is 1.94. The molecule has 4 heteroatoms. The van der Waals surface area contributed by atoms with Crippen LogP contribution in [0.1, 0.15) is 42.7 Å². The lowest BCUT2D eigenvalue weighted by atomic mass is 9.93. The Hall–Kier alpha value is -0.870. The summed E-state index contributed by atoms with van der Waals surface area (Å²) in [6.07, 6.45) is 3.69. The van der Waals surface area contributed by atoms with Crippen molar-refractivity contribution in [1.82, 2.24) is 5.32 Å². The first-order chi connectivity index (χ1) is 7.66. The van der Waals surface area contributed by atoms with Crippen LogP contribution in [0.2, 0.25) is 0 Å². The zero-order valence-corrected chi connectivity index (χ0v) is 10.2. The highest BCUT2D eigenvalue weighted by Gasteiger charge is 2.22. The highest BCUT2D eigenvalue weighted by atomic mass is 32.1. The number of carbonyl (C=O) groups is 1. The second kappa shape index (κ2) is 4.97. The number of nitrogens with one attached hydrogen (secondary N) is 1. The van der Waals surface area contributed by atoms with Gasteiger partial charge in [0.05, 0.1) is 6.42 Å². The van der Waals surface area contributed by atoms with Crippen LogP contribution < -0.4 is 5.32 Å². The first kappa shape index (κ1) is 11.6. The Morgan fingerprint density at radius 2 is 2.56 bits per heavy atom. The second-order valence-electron chi connectivity index (χ2n) is 4.41. The van der Waals surface area contributed by atoms with Gasteiger partial charge >= 0.3 is 5.97 Å². The fraction of sp³-hybridized carbons (Fsp3) is 0.583. The molecule has 0 amide bonds. The monoisotopic (exact) mass is 239 g/mol. The molecule has 0 saturated heterocycles. The molecule has 0 saturated carbocycles. The normalized spacial score (nSPS) is 21.4. The third-order valence-corrected chi connectivity index (χ3v) is 4.01. The van der Waals surface area contributed by atoms with Crippen molar-refractivity contribution < 1.29 is 9.90 Å². The van der Waals surface area contributed by atoms with Gasteiger partial charge in [0.25, 0.3) is 0 Å². The number of carboxylic acid groups (broad SMARTS) is 1. The fourth-order valence-electron chi connectivity index (χ4n) is 2.32. The van der Waals surface area contributed by atoms with E-state index in [0.29, 0.717) is 6.04 Å². The van der Waals surface area contributed by atoms with Gasteiger partial charge in [0, 0.05) is 17.0 Å². The molecule has 2 atom stereocenters.